The Morgan fingerprint density at radius 1 is 1.23 bits per heavy atom. The van der Waals surface area contributed by atoms with Crippen molar-refractivity contribution in [2.45, 2.75) is 11.4 Å². The van der Waals surface area contributed by atoms with Crippen LogP contribution in [0.1, 0.15) is 5.56 Å². The summed E-state index contributed by atoms with van der Waals surface area (Å²) in [6.07, 6.45) is 1.20. The Morgan fingerprint density at radius 3 is 2.41 bits per heavy atom. The number of benzene rings is 1. The lowest BCUT2D eigenvalue weighted by atomic mass is 10.1. The summed E-state index contributed by atoms with van der Waals surface area (Å²) in [6, 6.07) is 6.90. The van der Waals surface area contributed by atoms with Crippen molar-refractivity contribution >= 4 is 15.7 Å². The molecule has 0 unspecified atom stereocenters. The molecule has 0 bridgehead atoms. The molecule has 6 nitrogen and oxygen atoms in total. The summed E-state index contributed by atoms with van der Waals surface area (Å²) in [6.45, 7) is 3.73. The molecular weight excluding hydrogens is 302 g/mol. The summed E-state index contributed by atoms with van der Waals surface area (Å²) in [5.74, 6) is -0.450. The first-order chi connectivity index (χ1) is 10.3. The molecule has 0 aliphatic carbocycles. The highest BCUT2D eigenvalue weighted by Crippen LogP contribution is 2.15. The van der Waals surface area contributed by atoms with Gasteiger partial charge in [-0.2, -0.15) is 0 Å². The fourth-order valence-corrected chi connectivity index (χ4v) is 3.29. The first kappa shape index (κ1) is 16.9. The van der Waals surface area contributed by atoms with E-state index in [1.165, 1.54) is 6.26 Å². The van der Waals surface area contributed by atoms with Crippen LogP contribution in [0, 0.1) is 5.92 Å². The largest absolute Gasteiger partial charge is 0.369 e. The molecule has 1 heterocycles. The lowest BCUT2D eigenvalue weighted by Crippen LogP contribution is -2.37. The van der Waals surface area contributed by atoms with E-state index < -0.39 is 9.84 Å². The Morgan fingerprint density at radius 2 is 1.86 bits per heavy atom. The van der Waals surface area contributed by atoms with Crippen LogP contribution in [-0.4, -0.2) is 63.6 Å². The molecule has 2 N–H and O–H groups in total. The van der Waals surface area contributed by atoms with Crippen LogP contribution in [0.3, 0.4) is 0 Å². The lowest BCUT2D eigenvalue weighted by molar-refractivity contribution is -0.122. The van der Waals surface area contributed by atoms with Crippen LogP contribution in [0.5, 0.6) is 0 Å². The number of sulfone groups is 1. The molecule has 0 saturated carbocycles. The molecular formula is C15H23N3O3S. The Balaban J connectivity index is 2.07. The van der Waals surface area contributed by atoms with Gasteiger partial charge in [-0.05, 0) is 24.7 Å². The summed E-state index contributed by atoms with van der Waals surface area (Å²) in [5.41, 5.74) is 6.49. The topological polar surface area (TPSA) is 83.7 Å². The molecule has 1 aromatic carbocycles. The second-order valence-corrected chi connectivity index (χ2v) is 8.03. The number of carbonyl (C=O) groups excluding carboxylic acids is 1. The average Bonchev–Trinajstić information content (AvgIpc) is 2.61. The Hall–Kier alpha value is -1.44. The second-order valence-electron chi connectivity index (χ2n) is 6.01. The number of likely N-dealkylation sites (N-methyl/N-ethyl adjacent to an activating group) is 1. The summed E-state index contributed by atoms with van der Waals surface area (Å²) in [4.78, 5) is 16.1. The van der Waals surface area contributed by atoms with E-state index >= 15 is 0 Å². The van der Waals surface area contributed by atoms with E-state index in [1.807, 2.05) is 19.2 Å². The van der Waals surface area contributed by atoms with Gasteiger partial charge in [0.2, 0.25) is 5.91 Å². The molecule has 0 spiro atoms. The molecule has 1 amide bonds. The van der Waals surface area contributed by atoms with Crippen LogP contribution in [-0.2, 0) is 21.2 Å². The third-order valence-electron chi connectivity index (χ3n) is 3.97. The van der Waals surface area contributed by atoms with Crippen molar-refractivity contribution in [1.29, 1.82) is 0 Å². The van der Waals surface area contributed by atoms with Crippen LogP contribution in [0.2, 0.25) is 0 Å². The minimum atomic E-state index is -3.17. The van der Waals surface area contributed by atoms with Crippen molar-refractivity contribution in [3.05, 3.63) is 29.8 Å². The molecule has 7 heteroatoms. The monoisotopic (exact) mass is 325 g/mol. The maximum absolute atomic E-state index is 11.5. The van der Waals surface area contributed by atoms with Gasteiger partial charge in [-0.15, -0.1) is 0 Å². The van der Waals surface area contributed by atoms with Gasteiger partial charge in [0, 0.05) is 39.0 Å². The van der Waals surface area contributed by atoms with Crippen molar-refractivity contribution in [1.82, 2.24) is 9.80 Å². The Bertz CT molecular complexity index is 628. The molecule has 122 valence electrons. The van der Waals surface area contributed by atoms with E-state index in [4.69, 9.17) is 5.73 Å². The zero-order valence-electron chi connectivity index (χ0n) is 13.0. The normalized spacial score (nSPS) is 21.5. The molecule has 1 saturated heterocycles. The van der Waals surface area contributed by atoms with E-state index in [-0.39, 0.29) is 11.8 Å². The minimum absolute atomic E-state index is 0.178. The number of nitrogens with two attached hydrogens (primary N) is 1. The lowest BCUT2D eigenvalue weighted by Gasteiger charge is -2.22. The molecule has 0 aromatic heterocycles. The predicted octanol–water partition coefficient (Wildman–Crippen LogP) is -0.0610. The van der Waals surface area contributed by atoms with Gasteiger partial charge in [0.15, 0.2) is 9.84 Å². The molecule has 1 atom stereocenters. The van der Waals surface area contributed by atoms with Gasteiger partial charge in [0.05, 0.1) is 10.8 Å². The molecule has 1 aromatic rings. The highest BCUT2D eigenvalue weighted by molar-refractivity contribution is 7.90. The molecule has 1 aliphatic rings. The molecule has 22 heavy (non-hydrogen) atoms. The minimum Gasteiger partial charge on any atom is -0.369 e. The molecule has 1 fully saturated rings. The number of primary amides is 1. The van der Waals surface area contributed by atoms with E-state index in [2.05, 4.69) is 9.80 Å². The van der Waals surface area contributed by atoms with Gasteiger partial charge < -0.3 is 10.6 Å². The van der Waals surface area contributed by atoms with Gasteiger partial charge in [0.25, 0.3) is 0 Å². The van der Waals surface area contributed by atoms with Crippen molar-refractivity contribution < 1.29 is 13.2 Å². The second kappa shape index (κ2) is 6.76. The van der Waals surface area contributed by atoms with Gasteiger partial charge in [-0.25, -0.2) is 8.42 Å². The summed E-state index contributed by atoms with van der Waals surface area (Å²) in [5, 5.41) is 0. The smallest absolute Gasteiger partial charge is 0.223 e. The maximum Gasteiger partial charge on any atom is 0.223 e. The van der Waals surface area contributed by atoms with Crippen LogP contribution >= 0.6 is 0 Å². The number of nitrogens with zero attached hydrogens (tertiary/aromatic N) is 2. The first-order valence-electron chi connectivity index (χ1n) is 7.25. The van der Waals surface area contributed by atoms with Crippen LogP contribution in [0.25, 0.3) is 0 Å². The van der Waals surface area contributed by atoms with E-state index in [0.29, 0.717) is 24.5 Å². The van der Waals surface area contributed by atoms with E-state index in [0.717, 1.165) is 18.7 Å². The molecule has 2 rings (SSSR count). The van der Waals surface area contributed by atoms with Crippen molar-refractivity contribution in [2.24, 2.45) is 11.7 Å². The SMILES string of the molecule is CN1CCN(Cc2ccc(S(C)(=O)=O)cc2)C[C@H](C(N)=O)C1. The summed E-state index contributed by atoms with van der Waals surface area (Å²) in [7, 11) is -1.18. The van der Waals surface area contributed by atoms with Crippen LogP contribution < -0.4 is 5.73 Å². The van der Waals surface area contributed by atoms with Crippen molar-refractivity contribution in [2.75, 3.05) is 39.5 Å². The van der Waals surface area contributed by atoms with E-state index in [9.17, 15) is 13.2 Å². The maximum atomic E-state index is 11.5. The number of hydrogen-bond acceptors (Lipinski definition) is 5. The number of amides is 1. The summed E-state index contributed by atoms with van der Waals surface area (Å²) >= 11 is 0. The van der Waals surface area contributed by atoms with Gasteiger partial charge in [-0.1, -0.05) is 12.1 Å². The Kier molecular flexibility index (Phi) is 5.20. The average molecular weight is 325 g/mol. The molecule has 1 aliphatic heterocycles. The van der Waals surface area contributed by atoms with Crippen LogP contribution in [0.4, 0.5) is 0 Å². The van der Waals surface area contributed by atoms with Crippen molar-refractivity contribution in [3.63, 3.8) is 0 Å². The quantitative estimate of drug-likeness (QED) is 0.838. The fraction of sp³-hybridized carbons (Fsp3) is 0.533. The van der Waals surface area contributed by atoms with Crippen LogP contribution in [0.15, 0.2) is 29.2 Å². The van der Waals surface area contributed by atoms with Gasteiger partial charge in [-0.3, -0.25) is 9.69 Å². The Labute approximate surface area is 131 Å². The number of carbonyl (C=O) groups is 1. The fourth-order valence-electron chi connectivity index (χ4n) is 2.66. The zero-order valence-corrected chi connectivity index (χ0v) is 13.8. The number of hydrogen-bond donors (Lipinski definition) is 1. The van der Waals surface area contributed by atoms with Gasteiger partial charge >= 0.3 is 0 Å². The van der Waals surface area contributed by atoms with E-state index in [1.54, 1.807) is 12.1 Å². The number of rotatable bonds is 4. The van der Waals surface area contributed by atoms with Crippen molar-refractivity contribution in [3.8, 4) is 0 Å². The highest BCUT2D eigenvalue weighted by Gasteiger charge is 2.24. The molecule has 0 radical (unpaired) electrons. The standard InChI is InChI=1S/C15H23N3O3S/c1-17-7-8-18(11-13(10-17)15(16)19)9-12-3-5-14(6-4-12)22(2,20)21/h3-6,13H,7-11H2,1-2H3,(H2,16,19)/t13-/m1/s1. The zero-order chi connectivity index (χ0) is 16.3. The van der Waals surface area contributed by atoms with Gasteiger partial charge in [0.1, 0.15) is 0 Å². The predicted molar refractivity (Wildman–Crippen MR) is 85.0 cm³/mol. The summed E-state index contributed by atoms with van der Waals surface area (Å²) < 4.78 is 22.9. The third kappa shape index (κ3) is 4.53. The highest BCUT2D eigenvalue weighted by atomic mass is 32.2. The third-order valence-corrected chi connectivity index (χ3v) is 5.10. The first-order valence-corrected chi connectivity index (χ1v) is 9.14.